The number of hydrogen-bond acceptors (Lipinski definition) is 4. The molecule has 1 amide bonds. The van der Waals surface area contributed by atoms with Crippen molar-refractivity contribution in [3.8, 4) is 0 Å². The third-order valence-corrected chi connectivity index (χ3v) is 9.00. The van der Waals surface area contributed by atoms with Crippen LogP contribution in [0.3, 0.4) is 0 Å². The number of nitrogens with one attached hydrogen (secondary N) is 1. The van der Waals surface area contributed by atoms with E-state index in [1.165, 1.54) is 50.3 Å². The lowest BCUT2D eigenvalue weighted by molar-refractivity contribution is -0.137. The Morgan fingerprint density at radius 2 is 1.86 bits per heavy atom. The average Bonchev–Trinajstić information content (AvgIpc) is 3.13. The monoisotopic (exact) mass is 524 g/mol. The van der Waals surface area contributed by atoms with Gasteiger partial charge < -0.3 is 9.88 Å². The number of rotatable bonds is 8. The van der Waals surface area contributed by atoms with E-state index in [1.807, 2.05) is 4.57 Å². The van der Waals surface area contributed by atoms with Crippen molar-refractivity contribution in [1.82, 2.24) is 14.8 Å². The summed E-state index contributed by atoms with van der Waals surface area (Å²) in [7, 11) is 0. The van der Waals surface area contributed by atoms with Crippen LogP contribution < -0.4 is 5.32 Å². The van der Waals surface area contributed by atoms with Gasteiger partial charge in [0.25, 0.3) is 0 Å². The third-order valence-electron chi connectivity index (χ3n) is 7.70. The largest absolute Gasteiger partial charge is 0.416 e. The molecule has 10 heteroatoms. The van der Waals surface area contributed by atoms with Crippen molar-refractivity contribution < 1.29 is 18.0 Å². The lowest BCUT2D eigenvalue weighted by atomic mass is 9.49. The predicted octanol–water partition coefficient (Wildman–Crippen LogP) is 6.63. The molecule has 188 valence electrons. The Kier molecular flexibility index (Phi) is 6.68. The van der Waals surface area contributed by atoms with E-state index in [9.17, 15) is 18.0 Å². The number of aromatic nitrogens is 3. The van der Waals surface area contributed by atoms with E-state index in [1.54, 1.807) is 6.08 Å². The summed E-state index contributed by atoms with van der Waals surface area (Å²) >= 11 is 7.21. The van der Waals surface area contributed by atoms with Gasteiger partial charge in [-0.25, -0.2) is 0 Å². The number of amides is 1. The number of nitrogens with zero attached hydrogens (tertiary/aromatic N) is 3. The summed E-state index contributed by atoms with van der Waals surface area (Å²) in [6, 6.07) is 2.86. The summed E-state index contributed by atoms with van der Waals surface area (Å²) in [5.74, 6) is 2.97. The second-order valence-electron chi connectivity index (χ2n) is 10.4. The molecule has 4 aliphatic carbocycles. The van der Waals surface area contributed by atoms with E-state index in [0.29, 0.717) is 17.1 Å². The number of benzene rings is 1. The van der Waals surface area contributed by atoms with Gasteiger partial charge in [-0.1, -0.05) is 29.4 Å². The smallest absolute Gasteiger partial charge is 0.324 e. The normalized spacial score (nSPS) is 27.3. The van der Waals surface area contributed by atoms with Gasteiger partial charge in [0.05, 0.1) is 22.0 Å². The zero-order chi connectivity index (χ0) is 24.8. The van der Waals surface area contributed by atoms with Gasteiger partial charge in [-0.15, -0.1) is 16.8 Å². The number of alkyl halides is 3. The number of allylic oxidation sites excluding steroid dienone is 1. The van der Waals surface area contributed by atoms with Gasteiger partial charge in [-0.2, -0.15) is 13.2 Å². The molecular weight excluding hydrogens is 497 g/mol. The van der Waals surface area contributed by atoms with Crippen LogP contribution in [-0.2, 0) is 23.9 Å². The van der Waals surface area contributed by atoms with Crippen LogP contribution in [0.2, 0.25) is 5.02 Å². The molecule has 0 atom stereocenters. The molecule has 1 heterocycles. The van der Waals surface area contributed by atoms with Crippen LogP contribution in [0, 0.1) is 23.2 Å². The van der Waals surface area contributed by atoms with Crippen molar-refractivity contribution in [2.75, 3.05) is 11.1 Å². The van der Waals surface area contributed by atoms with Crippen LogP contribution >= 0.6 is 23.4 Å². The zero-order valence-electron chi connectivity index (χ0n) is 19.3. The average molecular weight is 525 g/mol. The number of carbonyl (C=O) groups excluding carboxylic acids is 1. The van der Waals surface area contributed by atoms with Crippen LogP contribution in [0.15, 0.2) is 36.0 Å². The van der Waals surface area contributed by atoms with E-state index in [2.05, 4.69) is 22.1 Å². The summed E-state index contributed by atoms with van der Waals surface area (Å²) in [5.41, 5.74) is -0.632. The number of carbonyl (C=O) groups is 1. The third kappa shape index (κ3) is 5.26. The Morgan fingerprint density at radius 3 is 2.46 bits per heavy atom. The summed E-state index contributed by atoms with van der Waals surface area (Å²) in [4.78, 5) is 12.5. The highest BCUT2D eigenvalue weighted by atomic mass is 35.5. The molecule has 6 rings (SSSR count). The second kappa shape index (κ2) is 9.47. The number of halogens is 4. The molecule has 1 aromatic carbocycles. The molecule has 0 spiro atoms. The van der Waals surface area contributed by atoms with E-state index in [4.69, 9.17) is 11.6 Å². The first-order chi connectivity index (χ1) is 16.6. The van der Waals surface area contributed by atoms with Crippen LogP contribution in [0.1, 0.15) is 49.9 Å². The van der Waals surface area contributed by atoms with Gasteiger partial charge in [-0.05, 0) is 79.9 Å². The minimum Gasteiger partial charge on any atom is -0.324 e. The summed E-state index contributed by atoms with van der Waals surface area (Å²) < 4.78 is 41.0. The highest BCUT2D eigenvalue weighted by molar-refractivity contribution is 7.99. The van der Waals surface area contributed by atoms with Gasteiger partial charge >= 0.3 is 6.18 Å². The molecule has 4 aliphatic rings. The standard InChI is InChI=1S/C25H28ClF3N4OS/c1-2-5-33-21(13-24-10-15-6-16(11-24)8-17(7-15)12-24)31-32-23(33)35-14-22(34)30-20-9-18(25(27,28)29)3-4-19(20)26/h2-4,9,15-17H,1,5-8,10-14H2,(H,30,34). The lowest BCUT2D eigenvalue weighted by Crippen LogP contribution is -2.47. The van der Waals surface area contributed by atoms with Gasteiger partial charge in [0.2, 0.25) is 5.91 Å². The van der Waals surface area contributed by atoms with E-state index < -0.39 is 17.6 Å². The van der Waals surface area contributed by atoms with Gasteiger partial charge in [-0.3, -0.25) is 4.79 Å². The molecule has 5 nitrogen and oxygen atoms in total. The molecule has 1 aromatic heterocycles. The van der Waals surface area contributed by atoms with Crippen LogP contribution in [0.25, 0.3) is 0 Å². The Morgan fingerprint density at radius 1 is 1.20 bits per heavy atom. The number of hydrogen-bond donors (Lipinski definition) is 1. The molecule has 0 aliphatic heterocycles. The van der Waals surface area contributed by atoms with Crippen molar-refractivity contribution in [2.24, 2.45) is 23.2 Å². The molecule has 4 fully saturated rings. The second-order valence-corrected chi connectivity index (χ2v) is 11.8. The fourth-order valence-corrected chi connectivity index (χ4v) is 7.76. The Hall–Kier alpha value is -2.00. The molecular formula is C25H28ClF3N4OS. The Labute approximate surface area is 211 Å². The zero-order valence-corrected chi connectivity index (χ0v) is 20.9. The molecule has 0 saturated heterocycles. The van der Waals surface area contributed by atoms with Crippen LogP contribution in [0.4, 0.5) is 18.9 Å². The highest BCUT2D eigenvalue weighted by Crippen LogP contribution is 2.61. The minimum atomic E-state index is -4.52. The van der Waals surface area contributed by atoms with Crippen LogP contribution in [0.5, 0.6) is 0 Å². The predicted molar refractivity (Wildman–Crippen MR) is 130 cm³/mol. The van der Waals surface area contributed by atoms with E-state index in [-0.39, 0.29) is 16.5 Å². The maximum atomic E-state index is 13.0. The van der Waals surface area contributed by atoms with Gasteiger partial charge in [0.1, 0.15) is 5.82 Å². The molecule has 2 aromatic rings. The number of anilines is 1. The molecule has 4 saturated carbocycles. The first kappa shape index (κ1) is 24.7. The van der Waals surface area contributed by atoms with Crippen molar-refractivity contribution in [3.63, 3.8) is 0 Å². The first-order valence-electron chi connectivity index (χ1n) is 12.0. The summed E-state index contributed by atoms with van der Waals surface area (Å²) in [6.07, 6.45) is 6.10. The van der Waals surface area contributed by atoms with Crippen molar-refractivity contribution in [1.29, 1.82) is 0 Å². The van der Waals surface area contributed by atoms with Crippen molar-refractivity contribution in [3.05, 3.63) is 47.3 Å². The van der Waals surface area contributed by atoms with Crippen LogP contribution in [-0.4, -0.2) is 26.4 Å². The van der Waals surface area contributed by atoms with E-state index >= 15 is 0 Å². The molecule has 0 unspecified atom stereocenters. The summed E-state index contributed by atoms with van der Waals surface area (Å²) in [6.45, 7) is 4.40. The SMILES string of the molecule is C=CCn1c(CC23CC4CC(CC(C4)C2)C3)nnc1SCC(=O)Nc1cc(C(F)(F)F)ccc1Cl. The topological polar surface area (TPSA) is 59.8 Å². The molecule has 4 bridgehead atoms. The molecule has 1 N–H and O–H groups in total. The quantitative estimate of drug-likeness (QED) is 0.311. The highest BCUT2D eigenvalue weighted by Gasteiger charge is 2.51. The van der Waals surface area contributed by atoms with Crippen molar-refractivity contribution in [2.45, 2.75) is 62.8 Å². The minimum absolute atomic E-state index is 0.0286. The maximum absolute atomic E-state index is 13.0. The van der Waals surface area contributed by atoms with Crippen molar-refractivity contribution >= 4 is 35.0 Å². The fourth-order valence-electron chi connectivity index (χ4n) is 6.82. The molecule has 0 radical (unpaired) electrons. The maximum Gasteiger partial charge on any atom is 0.416 e. The van der Waals surface area contributed by atoms with Gasteiger partial charge in [0.15, 0.2) is 5.16 Å². The van der Waals surface area contributed by atoms with Gasteiger partial charge in [0, 0.05) is 13.0 Å². The lowest BCUT2D eigenvalue weighted by Gasteiger charge is -2.56. The molecule has 35 heavy (non-hydrogen) atoms. The Bertz CT molecular complexity index is 1100. The first-order valence-corrected chi connectivity index (χ1v) is 13.3. The number of thioether (sulfide) groups is 1. The Balaban J connectivity index is 1.26. The summed E-state index contributed by atoms with van der Waals surface area (Å²) in [5, 5.41) is 12.0. The van der Waals surface area contributed by atoms with E-state index in [0.717, 1.165) is 48.2 Å². The fraction of sp³-hybridized carbons (Fsp3) is 0.560.